The fourth-order valence-corrected chi connectivity index (χ4v) is 3.56. The molecule has 0 aromatic rings. The Balaban J connectivity index is 4.10. The second kappa shape index (κ2) is 9.19. The Labute approximate surface area is 111 Å². The maximum Gasteiger partial charge on any atom is 0.214 e. The molecule has 0 aliphatic rings. The van der Waals surface area contributed by atoms with Crippen molar-refractivity contribution in [3.05, 3.63) is 0 Å². The maximum atomic E-state index is 12.0. The molecule has 0 rings (SSSR count). The van der Waals surface area contributed by atoms with Crippen molar-refractivity contribution in [2.75, 3.05) is 38.4 Å². The van der Waals surface area contributed by atoms with Gasteiger partial charge in [-0.15, -0.1) is 0 Å². The first-order valence-electron chi connectivity index (χ1n) is 6.05. The molecule has 0 saturated heterocycles. The number of hydrogen-bond donors (Lipinski definition) is 1. The third-order valence-corrected chi connectivity index (χ3v) is 5.56. The quantitative estimate of drug-likeness (QED) is 0.615. The normalized spacial score (nSPS) is 14.2. The standard InChI is InChI=1S/C11H26N2O2S2/c1-11(7-9-16-4)13(3)17(14,15)10-6-5-8-12-2/h11-12H,5-10H2,1-4H3. The number of thioether (sulfide) groups is 1. The molecule has 0 radical (unpaired) electrons. The summed E-state index contributed by atoms with van der Waals surface area (Å²) in [6, 6.07) is 0.0942. The summed E-state index contributed by atoms with van der Waals surface area (Å²) in [5.41, 5.74) is 0. The van der Waals surface area contributed by atoms with Gasteiger partial charge in [-0.1, -0.05) is 0 Å². The Bertz CT molecular complexity index is 281. The van der Waals surface area contributed by atoms with E-state index in [1.54, 1.807) is 18.8 Å². The van der Waals surface area contributed by atoms with Crippen molar-refractivity contribution in [3.8, 4) is 0 Å². The summed E-state index contributed by atoms with van der Waals surface area (Å²) in [5.74, 6) is 1.26. The average molecular weight is 282 g/mol. The fraction of sp³-hybridized carbons (Fsp3) is 1.00. The molecule has 17 heavy (non-hydrogen) atoms. The van der Waals surface area contributed by atoms with Crippen LogP contribution in [0.4, 0.5) is 0 Å². The molecule has 0 heterocycles. The first-order valence-corrected chi connectivity index (χ1v) is 9.05. The van der Waals surface area contributed by atoms with Gasteiger partial charge in [0, 0.05) is 13.1 Å². The van der Waals surface area contributed by atoms with E-state index in [4.69, 9.17) is 0 Å². The molecule has 4 nitrogen and oxygen atoms in total. The minimum Gasteiger partial charge on any atom is -0.320 e. The molecular formula is C11H26N2O2S2. The van der Waals surface area contributed by atoms with E-state index in [1.165, 1.54) is 4.31 Å². The molecule has 0 fully saturated rings. The minimum absolute atomic E-state index is 0.0942. The van der Waals surface area contributed by atoms with Crippen molar-refractivity contribution in [1.82, 2.24) is 9.62 Å². The molecule has 0 spiro atoms. The van der Waals surface area contributed by atoms with E-state index < -0.39 is 10.0 Å². The lowest BCUT2D eigenvalue weighted by Crippen LogP contribution is -2.37. The number of nitrogens with one attached hydrogen (secondary N) is 1. The SMILES string of the molecule is CNCCCCS(=O)(=O)N(C)C(C)CCSC. The summed E-state index contributed by atoms with van der Waals surface area (Å²) >= 11 is 1.75. The van der Waals surface area contributed by atoms with Crippen LogP contribution in [0.3, 0.4) is 0 Å². The molecule has 104 valence electrons. The van der Waals surface area contributed by atoms with E-state index in [0.717, 1.165) is 31.6 Å². The van der Waals surface area contributed by atoms with Crippen LogP contribution in [0.5, 0.6) is 0 Å². The van der Waals surface area contributed by atoms with Crippen molar-refractivity contribution >= 4 is 21.8 Å². The molecule has 1 atom stereocenters. The fourth-order valence-electron chi connectivity index (χ4n) is 1.47. The van der Waals surface area contributed by atoms with E-state index >= 15 is 0 Å². The molecule has 0 bridgehead atoms. The average Bonchev–Trinajstić information content (AvgIpc) is 2.30. The zero-order valence-corrected chi connectivity index (χ0v) is 13.0. The second-order valence-corrected chi connectivity index (χ2v) is 7.41. The van der Waals surface area contributed by atoms with Crippen molar-refractivity contribution in [2.24, 2.45) is 0 Å². The number of rotatable bonds is 10. The molecule has 0 aromatic carbocycles. The summed E-state index contributed by atoms with van der Waals surface area (Å²) in [4.78, 5) is 0. The van der Waals surface area contributed by atoms with Crippen LogP contribution in [0.2, 0.25) is 0 Å². The van der Waals surface area contributed by atoms with Crippen LogP contribution < -0.4 is 5.32 Å². The summed E-state index contributed by atoms with van der Waals surface area (Å²) < 4.78 is 25.5. The van der Waals surface area contributed by atoms with Crippen LogP contribution in [0, 0.1) is 0 Å². The van der Waals surface area contributed by atoms with Gasteiger partial charge < -0.3 is 5.32 Å². The topological polar surface area (TPSA) is 49.4 Å². The van der Waals surface area contributed by atoms with Gasteiger partial charge in [0.1, 0.15) is 0 Å². The Morgan fingerprint density at radius 2 is 2.00 bits per heavy atom. The van der Waals surface area contributed by atoms with Gasteiger partial charge in [-0.05, 0) is 51.8 Å². The molecule has 0 saturated carbocycles. The number of sulfonamides is 1. The summed E-state index contributed by atoms with van der Waals surface area (Å²) in [6.45, 7) is 2.85. The van der Waals surface area contributed by atoms with Crippen LogP contribution in [0.1, 0.15) is 26.2 Å². The predicted molar refractivity (Wildman–Crippen MR) is 77.2 cm³/mol. The van der Waals surface area contributed by atoms with E-state index in [1.807, 2.05) is 20.2 Å². The zero-order chi connectivity index (χ0) is 13.3. The van der Waals surface area contributed by atoms with Crippen molar-refractivity contribution in [2.45, 2.75) is 32.2 Å². The van der Waals surface area contributed by atoms with Gasteiger partial charge in [0.05, 0.1) is 5.75 Å². The van der Waals surface area contributed by atoms with Crippen LogP contribution in [0.25, 0.3) is 0 Å². The largest absolute Gasteiger partial charge is 0.320 e. The van der Waals surface area contributed by atoms with E-state index in [0.29, 0.717) is 0 Å². The Morgan fingerprint density at radius 3 is 2.53 bits per heavy atom. The van der Waals surface area contributed by atoms with Gasteiger partial charge in [-0.2, -0.15) is 11.8 Å². The van der Waals surface area contributed by atoms with Crippen molar-refractivity contribution < 1.29 is 8.42 Å². The van der Waals surface area contributed by atoms with Crippen molar-refractivity contribution in [1.29, 1.82) is 0 Å². The maximum absolute atomic E-state index is 12.0. The first kappa shape index (κ1) is 17.2. The number of unbranched alkanes of at least 4 members (excludes halogenated alkanes) is 1. The molecule has 6 heteroatoms. The third-order valence-electron chi connectivity index (χ3n) is 2.88. The molecule has 0 aliphatic heterocycles. The minimum atomic E-state index is -3.07. The van der Waals surface area contributed by atoms with Crippen LogP contribution in [-0.4, -0.2) is 57.2 Å². The van der Waals surface area contributed by atoms with E-state index in [-0.39, 0.29) is 11.8 Å². The van der Waals surface area contributed by atoms with Gasteiger partial charge >= 0.3 is 0 Å². The number of nitrogens with zero attached hydrogens (tertiary/aromatic N) is 1. The Kier molecular flexibility index (Phi) is 9.31. The molecule has 1 N–H and O–H groups in total. The van der Waals surface area contributed by atoms with E-state index in [2.05, 4.69) is 5.32 Å². The molecule has 0 aromatic heterocycles. The predicted octanol–water partition coefficient (Wildman–Crippen LogP) is 1.39. The first-order chi connectivity index (χ1) is 7.95. The van der Waals surface area contributed by atoms with Crippen LogP contribution in [-0.2, 0) is 10.0 Å². The van der Waals surface area contributed by atoms with Gasteiger partial charge in [0.15, 0.2) is 0 Å². The lowest BCUT2D eigenvalue weighted by Gasteiger charge is -2.24. The Hall–Kier alpha value is 0.220. The van der Waals surface area contributed by atoms with Crippen LogP contribution in [0.15, 0.2) is 0 Å². The Morgan fingerprint density at radius 1 is 1.35 bits per heavy atom. The van der Waals surface area contributed by atoms with Gasteiger partial charge in [0.2, 0.25) is 10.0 Å². The molecule has 1 unspecified atom stereocenters. The second-order valence-electron chi connectivity index (χ2n) is 4.27. The van der Waals surface area contributed by atoms with Gasteiger partial charge in [-0.3, -0.25) is 0 Å². The van der Waals surface area contributed by atoms with Crippen LogP contribution >= 0.6 is 11.8 Å². The lowest BCUT2D eigenvalue weighted by molar-refractivity contribution is 0.381. The summed E-state index contributed by atoms with van der Waals surface area (Å²) in [5, 5.41) is 3.02. The van der Waals surface area contributed by atoms with Crippen molar-refractivity contribution in [3.63, 3.8) is 0 Å². The monoisotopic (exact) mass is 282 g/mol. The lowest BCUT2D eigenvalue weighted by atomic mass is 10.3. The highest BCUT2D eigenvalue weighted by Gasteiger charge is 2.22. The molecule has 0 amide bonds. The van der Waals surface area contributed by atoms with Gasteiger partial charge in [0.25, 0.3) is 0 Å². The van der Waals surface area contributed by atoms with E-state index in [9.17, 15) is 8.42 Å². The third kappa shape index (κ3) is 7.28. The highest BCUT2D eigenvalue weighted by atomic mass is 32.2. The molecule has 0 aliphatic carbocycles. The summed E-state index contributed by atoms with van der Waals surface area (Å²) in [6.07, 6.45) is 4.58. The van der Waals surface area contributed by atoms with Gasteiger partial charge in [-0.25, -0.2) is 12.7 Å². The highest BCUT2D eigenvalue weighted by molar-refractivity contribution is 7.98. The molecular weight excluding hydrogens is 256 g/mol. The highest BCUT2D eigenvalue weighted by Crippen LogP contribution is 2.11. The number of hydrogen-bond acceptors (Lipinski definition) is 4. The summed E-state index contributed by atoms with van der Waals surface area (Å²) in [7, 11) is 0.499. The zero-order valence-electron chi connectivity index (χ0n) is 11.4. The smallest absolute Gasteiger partial charge is 0.214 e.